The number of aromatic nitrogens is 1. The Hall–Kier alpha value is -1.48. The molecule has 2 aromatic rings. The summed E-state index contributed by atoms with van der Waals surface area (Å²) in [4.78, 5) is 15.5. The van der Waals surface area contributed by atoms with Crippen LogP contribution in [-0.4, -0.2) is 10.7 Å². The number of benzene rings is 1. The van der Waals surface area contributed by atoms with Gasteiger partial charge in [0.15, 0.2) is 5.43 Å². The smallest absolute Gasteiger partial charge is 0.182 e. The van der Waals surface area contributed by atoms with Gasteiger partial charge in [-0.05, 0) is 23.4 Å². The lowest BCUT2D eigenvalue weighted by Crippen LogP contribution is -1.97. The number of H-pyrrole nitrogens is 1. The third-order valence-electron chi connectivity index (χ3n) is 2.25. The van der Waals surface area contributed by atoms with Gasteiger partial charge in [0.2, 0.25) is 0 Å². The maximum absolute atomic E-state index is 11.2. The third-order valence-corrected chi connectivity index (χ3v) is 3.14. The molecule has 0 atom stereocenters. The maximum atomic E-state index is 11.2. The number of nitrogens with one attached hydrogen (secondary N) is 1. The van der Waals surface area contributed by atoms with Crippen molar-refractivity contribution in [1.29, 1.82) is 0 Å². The fourth-order valence-electron chi connectivity index (χ4n) is 1.51. The van der Waals surface area contributed by atoms with Crippen LogP contribution in [0.1, 0.15) is 6.92 Å². The molecule has 0 unspecified atom stereocenters. The number of thioether (sulfide) groups is 1. The number of pyridine rings is 1. The summed E-state index contributed by atoms with van der Waals surface area (Å²) in [5.74, 6) is 1.07. The zero-order valence-electron chi connectivity index (χ0n) is 9.07. The first kappa shape index (κ1) is 11.0. The van der Waals surface area contributed by atoms with Crippen molar-refractivity contribution in [3.05, 3.63) is 52.8 Å². The summed E-state index contributed by atoms with van der Waals surface area (Å²) in [7, 11) is 0. The normalized spacial score (nSPS) is 10.3. The number of rotatable bonds is 3. The second-order valence-corrected chi connectivity index (χ2v) is 4.73. The highest BCUT2D eigenvalue weighted by molar-refractivity contribution is 7.99. The summed E-state index contributed by atoms with van der Waals surface area (Å²) in [6, 6.07) is 11.4. The van der Waals surface area contributed by atoms with Gasteiger partial charge < -0.3 is 4.98 Å². The van der Waals surface area contributed by atoms with Crippen molar-refractivity contribution in [1.82, 2.24) is 4.98 Å². The molecule has 0 aliphatic rings. The van der Waals surface area contributed by atoms with Crippen molar-refractivity contribution < 1.29 is 0 Å². The van der Waals surface area contributed by atoms with Gasteiger partial charge in [-0.3, -0.25) is 4.79 Å². The highest BCUT2D eigenvalue weighted by Crippen LogP contribution is 2.21. The van der Waals surface area contributed by atoms with Crippen molar-refractivity contribution >= 4 is 11.8 Å². The SMILES string of the molecule is CCSc1ccc(-c2cc(=O)cc[nH]2)cc1. The Morgan fingerprint density at radius 2 is 1.94 bits per heavy atom. The number of hydrogen-bond acceptors (Lipinski definition) is 2. The summed E-state index contributed by atoms with van der Waals surface area (Å²) >= 11 is 1.81. The van der Waals surface area contributed by atoms with E-state index in [9.17, 15) is 4.79 Å². The second kappa shape index (κ2) is 5.03. The minimum atomic E-state index is 0.0285. The Morgan fingerprint density at radius 1 is 1.19 bits per heavy atom. The van der Waals surface area contributed by atoms with Crippen molar-refractivity contribution in [3.63, 3.8) is 0 Å². The van der Waals surface area contributed by atoms with Gasteiger partial charge >= 0.3 is 0 Å². The van der Waals surface area contributed by atoms with E-state index in [4.69, 9.17) is 0 Å². The van der Waals surface area contributed by atoms with Crippen LogP contribution in [0.2, 0.25) is 0 Å². The van der Waals surface area contributed by atoms with Crippen LogP contribution < -0.4 is 5.43 Å². The van der Waals surface area contributed by atoms with Gasteiger partial charge in [-0.25, -0.2) is 0 Å². The molecule has 82 valence electrons. The first-order valence-electron chi connectivity index (χ1n) is 5.21. The summed E-state index contributed by atoms with van der Waals surface area (Å²) in [6.07, 6.45) is 1.67. The minimum Gasteiger partial charge on any atom is -0.361 e. The Bertz CT molecular complexity index is 516. The van der Waals surface area contributed by atoms with Crippen LogP contribution in [-0.2, 0) is 0 Å². The van der Waals surface area contributed by atoms with Gasteiger partial charge in [0.1, 0.15) is 0 Å². The molecular formula is C13H13NOS. The molecule has 0 saturated carbocycles. The van der Waals surface area contributed by atoms with Gasteiger partial charge in [-0.2, -0.15) is 0 Å². The van der Waals surface area contributed by atoms with Crippen LogP contribution in [0.4, 0.5) is 0 Å². The molecule has 0 fully saturated rings. The van der Waals surface area contributed by atoms with E-state index in [1.807, 2.05) is 23.9 Å². The van der Waals surface area contributed by atoms with E-state index in [-0.39, 0.29) is 5.43 Å². The fourth-order valence-corrected chi connectivity index (χ4v) is 2.17. The van der Waals surface area contributed by atoms with E-state index in [0.717, 1.165) is 17.0 Å². The topological polar surface area (TPSA) is 32.9 Å². The average Bonchev–Trinajstić information content (AvgIpc) is 2.30. The minimum absolute atomic E-state index is 0.0285. The molecule has 1 heterocycles. The molecule has 0 spiro atoms. The van der Waals surface area contributed by atoms with E-state index in [1.165, 1.54) is 11.0 Å². The number of hydrogen-bond donors (Lipinski definition) is 1. The highest BCUT2D eigenvalue weighted by Gasteiger charge is 1.98. The van der Waals surface area contributed by atoms with E-state index in [1.54, 1.807) is 12.3 Å². The van der Waals surface area contributed by atoms with Crippen LogP contribution in [0, 0.1) is 0 Å². The lowest BCUT2D eigenvalue weighted by Gasteiger charge is -2.02. The molecular weight excluding hydrogens is 218 g/mol. The Labute approximate surface area is 98.7 Å². The summed E-state index contributed by atoms with van der Waals surface area (Å²) < 4.78 is 0. The third kappa shape index (κ3) is 2.55. The van der Waals surface area contributed by atoms with Crippen LogP contribution in [0.15, 0.2) is 52.3 Å². The Balaban J connectivity index is 2.31. The van der Waals surface area contributed by atoms with E-state index >= 15 is 0 Å². The van der Waals surface area contributed by atoms with E-state index < -0.39 is 0 Å². The molecule has 0 aliphatic carbocycles. The molecule has 0 radical (unpaired) electrons. The molecule has 0 aliphatic heterocycles. The predicted octanol–water partition coefficient (Wildman–Crippen LogP) is 3.15. The summed E-state index contributed by atoms with van der Waals surface area (Å²) in [5, 5.41) is 0. The lowest BCUT2D eigenvalue weighted by atomic mass is 10.1. The first-order chi connectivity index (χ1) is 7.79. The fraction of sp³-hybridized carbons (Fsp3) is 0.154. The molecule has 1 N–H and O–H groups in total. The van der Waals surface area contributed by atoms with Gasteiger partial charge in [0.05, 0.1) is 0 Å². The lowest BCUT2D eigenvalue weighted by molar-refractivity contribution is 1.29. The van der Waals surface area contributed by atoms with Crippen LogP contribution in [0.3, 0.4) is 0 Å². The summed E-state index contributed by atoms with van der Waals surface area (Å²) in [5.41, 5.74) is 1.93. The molecule has 0 saturated heterocycles. The largest absolute Gasteiger partial charge is 0.361 e. The molecule has 2 rings (SSSR count). The monoisotopic (exact) mass is 231 g/mol. The van der Waals surface area contributed by atoms with E-state index in [0.29, 0.717) is 0 Å². The zero-order chi connectivity index (χ0) is 11.4. The summed E-state index contributed by atoms with van der Waals surface area (Å²) in [6.45, 7) is 2.13. The average molecular weight is 231 g/mol. The van der Waals surface area contributed by atoms with Crippen LogP contribution >= 0.6 is 11.8 Å². The molecule has 0 amide bonds. The quantitative estimate of drug-likeness (QED) is 0.823. The number of aromatic amines is 1. The van der Waals surface area contributed by atoms with E-state index in [2.05, 4.69) is 24.0 Å². The zero-order valence-corrected chi connectivity index (χ0v) is 9.88. The standard InChI is InChI=1S/C13H13NOS/c1-2-16-12-5-3-10(4-6-12)13-9-11(15)7-8-14-13/h3-9H,2H2,1H3,(H,14,15). The molecule has 1 aromatic carbocycles. The highest BCUT2D eigenvalue weighted by atomic mass is 32.2. The Morgan fingerprint density at radius 3 is 2.56 bits per heavy atom. The molecule has 0 bridgehead atoms. The van der Waals surface area contributed by atoms with Gasteiger partial charge in [0, 0.05) is 28.9 Å². The molecule has 2 nitrogen and oxygen atoms in total. The molecule has 1 aromatic heterocycles. The van der Waals surface area contributed by atoms with Gasteiger partial charge in [0.25, 0.3) is 0 Å². The van der Waals surface area contributed by atoms with Crippen molar-refractivity contribution in [2.75, 3.05) is 5.75 Å². The van der Waals surface area contributed by atoms with Crippen molar-refractivity contribution in [2.45, 2.75) is 11.8 Å². The molecule has 3 heteroatoms. The molecule has 16 heavy (non-hydrogen) atoms. The van der Waals surface area contributed by atoms with Gasteiger partial charge in [-0.15, -0.1) is 11.8 Å². The van der Waals surface area contributed by atoms with Crippen molar-refractivity contribution in [2.24, 2.45) is 0 Å². The maximum Gasteiger partial charge on any atom is 0.182 e. The van der Waals surface area contributed by atoms with Crippen LogP contribution in [0.5, 0.6) is 0 Å². The van der Waals surface area contributed by atoms with Crippen molar-refractivity contribution in [3.8, 4) is 11.3 Å². The Kier molecular flexibility index (Phi) is 3.47. The predicted molar refractivity (Wildman–Crippen MR) is 68.9 cm³/mol. The van der Waals surface area contributed by atoms with Gasteiger partial charge in [-0.1, -0.05) is 19.1 Å². The first-order valence-corrected chi connectivity index (χ1v) is 6.20. The van der Waals surface area contributed by atoms with Crippen LogP contribution in [0.25, 0.3) is 11.3 Å². The second-order valence-electron chi connectivity index (χ2n) is 3.40.